The Kier molecular flexibility index (Phi) is 7.52. The molecule has 3 rings (SSSR count). The van der Waals surface area contributed by atoms with Gasteiger partial charge in [0.15, 0.2) is 0 Å². The predicted octanol–water partition coefficient (Wildman–Crippen LogP) is 2.29. The van der Waals surface area contributed by atoms with Gasteiger partial charge in [-0.25, -0.2) is 0 Å². The van der Waals surface area contributed by atoms with Crippen molar-refractivity contribution in [2.75, 3.05) is 6.61 Å². The summed E-state index contributed by atoms with van der Waals surface area (Å²) in [4.78, 5) is 0. The molecule has 6 heteroatoms. The maximum atomic E-state index is 10.8. The zero-order valence-electron chi connectivity index (χ0n) is 16.0. The van der Waals surface area contributed by atoms with Crippen LogP contribution in [0.25, 0.3) is 0 Å². The van der Waals surface area contributed by atoms with E-state index in [4.69, 9.17) is 5.32 Å². The number of rotatable bonds is 9. The van der Waals surface area contributed by atoms with Crippen LogP contribution in [0.3, 0.4) is 0 Å². The molecule has 0 aromatic heterocycles. The summed E-state index contributed by atoms with van der Waals surface area (Å²) in [6.45, 7) is 2.33. The maximum absolute atomic E-state index is 10.8. The monoisotopic (exact) mass is 472 g/mol. The van der Waals surface area contributed by atoms with E-state index in [0.717, 1.165) is 28.4 Å². The van der Waals surface area contributed by atoms with Crippen LogP contribution in [0.2, 0.25) is 0 Å². The van der Waals surface area contributed by atoms with E-state index in [2.05, 4.69) is 0 Å². The van der Waals surface area contributed by atoms with Gasteiger partial charge in [0.1, 0.15) is 0 Å². The third-order valence-corrected chi connectivity index (χ3v) is 14.3. The van der Waals surface area contributed by atoms with E-state index in [1.807, 2.05) is 97.9 Å². The Hall–Kier alpha value is -1.40. The fourth-order valence-electron chi connectivity index (χ4n) is 3.27. The summed E-state index contributed by atoms with van der Waals surface area (Å²) in [6.07, 6.45) is 1.68. The molecule has 0 unspecified atom stereocenters. The Morgan fingerprint density at radius 2 is 1.11 bits per heavy atom. The van der Waals surface area contributed by atoms with Crippen LogP contribution in [-0.4, -0.2) is 21.3 Å². The van der Waals surface area contributed by atoms with Crippen LogP contribution in [0.15, 0.2) is 91.0 Å². The van der Waals surface area contributed by atoms with E-state index in [1.54, 1.807) is 0 Å². The molecule has 0 amide bonds. The molecule has 3 aromatic rings. The van der Waals surface area contributed by atoms with Crippen LogP contribution in [0.4, 0.5) is 0 Å². The van der Waals surface area contributed by atoms with Crippen LogP contribution >= 0.6 is 0 Å². The Bertz CT molecular complexity index is 748. The molecule has 0 aliphatic heterocycles. The first-order chi connectivity index (χ1) is 13.6. The molecule has 0 aliphatic carbocycles. The first-order valence-corrected chi connectivity index (χ1v) is 15.7. The molecule has 28 heavy (non-hydrogen) atoms. The zero-order valence-corrected chi connectivity index (χ0v) is 19.5. The fourth-order valence-corrected chi connectivity index (χ4v) is 14.1. The summed E-state index contributed by atoms with van der Waals surface area (Å²) in [5.41, 5.74) is 0. The average Bonchev–Trinajstić information content (AvgIpc) is 2.74. The van der Waals surface area contributed by atoms with E-state index < -0.39 is 30.3 Å². The quantitative estimate of drug-likeness (QED) is 0.284. The summed E-state index contributed by atoms with van der Waals surface area (Å²) in [6, 6.07) is 29.6. The van der Waals surface area contributed by atoms with Gasteiger partial charge in [0.2, 0.25) is 0 Å². The Balaban J connectivity index is 2.17. The van der Waals surface area contributed by atoms with Gasteiger partial charge in [-0.05, 0) is 0 Å². The van der Waals surface area contributed by atoms with Crippen LogP contribution in [-0.2, 0) is 27.3 Å². The molecule has 0 saturated heterocycles. The third kappa shape index (κ3) is 4.95. The molecule has 0 heterocycles. The first kappa shape index (κ1) is 21.3. The summed E-state index contributed by atoms with van der Waals surface area (Å²) in [5, 5.41) is 2.86. The van der Waals surface area contributed by atoms with Gasteiger partial charge in [0.25, 0.3) is 0 Å². The zero-order chi connectivity index (χ0) is 19.9. The van der Waals surface area contributed by atoms with Crippen molar-refractivity contribution in [1.82, 2.24) is 0 Å². The minimum absolute atomic E-state index is 0.294. The molecule has 0 bridgehead atoms. The van der Waals surface area contributed by atoms with Gasteiger partial charge in [-0.3, -0.25) is 0 Å². The number of hydrogen-bond donors (Lipinski definition) is 2. The molecule has 0 radical (unpaired) electrons. The Morgan fingerprint density at radius 3 is 1.46 bits per heavy atom. The van der Waals surface area contributed by atoms with Crippen molar-refractivity contribution in [3.63, 3.8) is 0 Å². The van der Waals surface area contributed by atoms with Crippen molar-refractivity contribution in [2.24, 2.45) is 0 Å². The Morgan fingerprint density at radius 1 is 0.714 bits per heavy atom. The van der Waals surface area contributed by atoms with E-state index in [1.165, 1.54) is 0 Å². The summed E-state index contributed by atoms with van der Waals surface area (Å²) < 4.78 is 33.5. The van der Waals surface area contributed by atoms with Gasteiger partial charge in [0, 0.05) is 0 Å². The number of hydrogen-bond acceptors (Lipinski definition) is 4. The van der Waals surface area contributed by atoms with Crippen LogP contribution in [0.1, 0.15) is 19.8 Å². The van der Waals surface area contributed by atoms with Crippen LogP contribution in [0, 0.1) is 0 Å². The first-order valence-electron chi connectivity index (χ1n) is 9.54. The van der Waals surface area contributed by atoms with Gasteiger partial charge in [-0.1, -0.05) is 0 Å². The van der Waals surface area contributed by atoms with Crippen molar-refractivity contribution in [2.45, 2.75) is 19.8 Å². The molecular weight excluding hydrogens is 448 g/mol. The van der Waals surface area contributed by atoms with Gasteiger partial charge < -0.3 is 0 Å². The predicted molar refractivity (Wildman–Crippen MR) is 110 cm³/mol. The van der Waals surface area contributed by atoms with Gasteiger partial charge in [-0.15, -0.1) is 0 Å². The molecule has 0 aliphatic rings. The van der Waals surface area contributed by atoms with E-state index in [9.17, 15) is 6.37 Å². The molecule has 0 fully saturated rings. The van der Waals surface area contributed by atoms with Crippen LogP contribution < -0.4 is 15.6 Å². The second kappa shape index (κ2) is 9.88. The van der Waals surface area contributed by atoms with Gasteiger partial charge >= 0.3 is 175 Å². The van der Waals surface area contributed by atoms with Gasteiger partial charge in [-0.2, -0.15) is 0 Å². The molecule has 0 spiro atoms. The number of benzene rings is 3. The standard InChI is InChI=1S/C18H15OSi.C4H9O.2H2O.Zr/c19-20(16-10-4-1-5-11-16,17-12-6-2-7-13-17)18-14-8-3-9-15-18;1-2-3-4-5;;;/h1-15H;2-4H2,1H3;2*1H2;/q2*-1;;;+4/p-2. The topological polar surface area (TPSA) is 58.9 Å². The normalized spacial score (nSPS) is 12.1. The SMILES string of the molecule is CCCC[O][Zr]([OH])([OH])[O][Si](c1ccccc1)(c1ccccc1)c1ccccc1. The van der Waals surface area contributed by atoms with Crippen molar-refractivity contribution in [3.05, 3.63) is 91.0 Å². The minimum atomic E-state index is -5.22. The third-order valence-electron chi connectivity index (χ3n) is 4.61. The van der Waals surface area contributed by atoms with Gasteiger partial charge in [0.05, 0.1) is 0 Å². The molecule has 0 atom stereocenters. The van der Waals surface area contributed by atoms with E-state index in [-0.39, 0.29) is 0 Å². The second-order valence-electron chi connectivity index (χ2n) is 6.63. The molecule has 0 saturated carbocycles. The fraction of sp³-hybridized carbons (Fsp3) is 0.182. The van der Waals surface area contributed by atoms with E-state index >= 15 is 0 Å². The van der Waals surface area contributed by atoms with Crippen molar-refractivity contribution in [3.8, 4) is 0 Å². The Labute approximate surface area is 174 Å². The molecule has 146 valence electrons. The van der Waals surface area contributed by atoms with E-state index in [0.29, 0.717) is 6.61 Å². The molecular formula is C22H26O4SiZr. The molecule has 4 nitrogen and oxygen atoms in total. The average molecular weight is 474 g/mol. The summed E-state index contributed by atoms with van der Waals surface area (Å²) in [5.74, 6) is 0. The summed E-state index contributed by atoms with van der Waals surface area (Å²) >= 11 is -5.22. The van der Waals surface area contributed by atoms with Crippen molar-refractivity contribution >= 4 is 23.9 Å². The molecule has 2 N–H and O–H groups in total. The summed E-state index contributed by atoms with van der Waals surface area (Å²) in [7, 11) is -3.15. The second-order valence-corrected chi connectivity index (χ2v) is 14.8. The van der Waals surface area contributed by atoms with Crippen molar-refractivity contribution in [1.29, 1.82) is 0 Å². The molecule has 3 aromatic carbocycles. The number of unbranched alkanes of at least 4 members (excludes halogenated alkanes) is 1. The van der Waals surface area contributed by atoms with Crippen molar-refractivity contribution < 1.29 is 33.7 Å². The van der Waals surface area contributed by atoms with Crippen LogP contribution in [0.5, 0.6) is 0 Å².